The number of aromatic nitrogens is 3. The number of phenolic OH excluding ortho intramolecular Hbond substituents is 1. The molecule has 0 radical (unpaired) electrons. The van der Waals surface area contributed by atoms with E-state index in [2.05, 4.69) is 57.8 Å². The van der Waals surface area contributed by atoms with Crippen LogP contribution in [-0.4, -0.2) is 28.9 Å². The molecule has 0 bridgehead atoms. The van der Waals surface area contributed by atoms with Gasteiger partial charge in [-0.05, 0) is 46.6 Å². The van der Waals surface area contributed by atoms with Crippen LogP contribution in [0.25, 0.3) is 16.7 Å². The van der Waals surface area contributed by atoms with Gasteiger partial charge in [-0.1, -0.05) is 67.0 Å². The SMILES string of the molecule is CCCC(c1ccc2nn(-c3cc(C(C)(C)C)cc(C(C)(C)C)c3O)nc2c1)S(=O)O. The van der Waals surface area contributed by atoms with Crippen molar-refractivity contribution in [2.45, 2.75) is 77.4 Å². The van der Waals surface area contributed by atoms with Gasteiger partial charge in [0.2, 0.25) is 0 Å². The van der Waals surface area contributed by atoms with E-state index in [9.17, 15) is 13.9 Å². The van der Waals surface area contributed by atoms with Crippen molar-refractivity contribution >= 4 is 22.1 Å². The maximum Gasteiger partial charge on any atom is 0.160 e. The first-order valence-corrected chi connectivity index (χ1v) is 11.8. The molecule has 2 aromatic carbocycles. The lowest BCUT2D eigenvalue weighted by Crippen LogP contribution is -2.18. The van der Waals surface area contributed by atoms with Crippen LogP contribution in [0.15, 0.2) is 30.3 Å². The second-order valence-electron chi connectivity index (χ2n) is 10.2. The second kappa shape index (κ2) is 8.36. The molecule has 0 aliphatic rings. The Morgan fingerprint density at radius 2 is 1.65 bits per heavy atom. The van der Waals surface area contributed by atoms with Gasteiger partial charge in [-0.3, -0.25) is 0 Å². The van der Waals surface area contributed by atoms with E-state index in [0.29, 0.717) is 23.1 Å². The van der Waals surface area contributed by atoms with Crippen LogP contribution in [0.1, 0.15) is 83.2 Å². The Bertz CT molecular complexity index is 1120. The summed E-state index contributed by atoms with van der Waals surface area (Å²) in [5.74, 6) is 0.168. The molecule has 7 heteroatoms. The summed E-state index contributed by atoms with van der Waals surface area (Å²) < 4.78 is 21.5. The Hall–Kier alpha value is -2.25. The van der Waals surface area contributed by atoms with Crippen LogP contribution >= 0.6 is 0 Å². The second-order valence-corrected chi connectivity index (χ2v) is 11.3. The fourth-order valence-electron chi connectivity index (χ4n) is 3.66. The smallest absolute Gasteiger partial charge is 0.160 e. The monoisotopic (exact) mass is 443 g/mol. The van der Waals surface area contributed by atoms with E-state index in [1.54, 1.807) is 0 Å². The van der Waals surface area contributed by atoms with Crippen LogP contribution in [0.3, 0.4) is 0 Å². The summed E-state index contributed by atoms with van der Waals surface area (Å²) >= 11 is -1.95. The minimum atomic E-state index is -1.95. The molecule has 3 rings (SSSR count). The van der Waals surface area contributed by atoms with Crippen LogP contribution in [0, 0.1) is 0 Å². The summed E-state index contributed by atoms with van der Waals surface area (Å²) in [4.78, 5) is 1.47. The van der Waals surface area contributed by atoms with Crippen molar-refractivity contribution in [3.8, 4) is 11.4 Å². The number of nitrogens with zero attached hydrogens (tertiary/aromatic N) is 3. The molecule has 0 aliphatic carbocycles. The molecule has 1 aromatic heterocycles. The molecule has 168 valence electrons. The zero-order valence-electron chi connectivity index (χ0n) is 19.4. The highest BCUT2D eigenvalue weighted by Crippen LogP contribution is 2.39. The number of rotatable bonds is 5. The van der Waals surface area contributed by atoms with E-state index >= 15 is 0 Å². The third-order valence-electron chi connectivity index (χ3n) is 5.55. The first-order chi connectivity index (χ1) is 14.3. The molecular formula is C24H33N3O3S. The predicted octanol–water partition coefficient (Wildman–Crippen LogP) is 5.78. The molecule has 6 nitrogen and oxygen atoms in total. The molecule has 31 heavy (non-hydrogen) atoms. The molecule has 0 spiro atoms. The van der Waals surface area contributed by atoms with E-state index in [1.807, 2.05) is 31.2 Å². The van der Waals surface area contributed by atoms with Gasteiger partial charge in [-0.15, -0.1) is 15.0 Å². The molecule has 0 saturated heterocycles. The van der Waals surface area contributed by atoms with Crippen molar-refractivity contribution in [2.75, 3.05) is 0 Å². The summed E-state index contributed by atoms with van der Waals surface area (Å²) in [7, 11) is 0. The molecule has 0 fully saturated rings. The number of hydrogen-bond acceptors (Lipinski definition) is 4. The predicted molar refractivity (Wildman–Crippen MR) is 126 cm³/mol. The summed E-state index contributed by atoms with van der Waals surface area (Å²) in [5, 5.41) is 19.9. The normalized spacial score (nSPS) is 14.7. The summed E-state index contributed by atoms with van der Waals surface area (Å²) in [6.07, 6.45) is 1.43. The Kier molecular flexibility index (Phi) is 6.31. The molecule has 1 heterocycles. The quantitative estimate of drug-likeness (QED) is 0.488. The molecule has 3 aromatic rings. The van der Waals surface area contributed by atoms with E-state index in [-0.39, 0.29) is 16.6 Å². The van der Waals surface area contributed by atoms with Crippen molar-refractivity contribution in [3.05, 3.63) is 47.0 Å². The fourth-order valence-corrected chi connectivity index (χ4v) is 4.48. The Morgan fingerprint density at radius 1 is 1.00 bits per heavy atom. The maximum atomic E-state index is 11.8. The maximum absolute atomic E-state index is 11.8. The zero-order valence-corrected chi connectivity index (χ0v) is 20.2. The van der Waals surface area contributed by atoms with Crippen LogP contribution in [0.2, 0.25) is 0 Å². The van der Waals surface area contributed by atoms with E-state index in [4.69, 9.17) is 0 Å². The van der Waals surface area contributed by atoms with Crippen LogP contribution in [0.5, 0.6) is 5.75 Å². The van der Waals surface area contributed by atoms with Gasteiger partial charge in [0.1, 0.15) is 22.5 Å². The average Bonchev–Trinajstić information content (AvgIpc) is 3.07. The lowest BCUT2D eigenvalue weighted by Gasteiger charge is -2.27. The Labute approximate surface area is 187 Å². The highest BCUT2D eigenvalue weighted by atomic mass is 32.2. The summed E-state index contributed by atoms with van der Waals surface area (Å²) in [6.45, 7) is 14.6. The topological polar surface area (TPSA) is 88.2 Å². The van der Waals surface area contributed by atoms with Gasteiger partial charge in [0.05, 0.1) is 5.25 Å². The Morgan fingerprint density at radius 3 is 2.19 bits per heavy atom. The van der Waals surface area contributed by atoms with Crippen molar-refractivity contribution < 1.29 is 13.9 Å². The lowest BCUT2D eigenvalue weighted by molar-refractivity contribution is 0.438. The van der Waals surface area contributed by atoms with Gasteiger partial charge in [0.15, 0.2) is 11.1 Å². The number of phenols is 1. The lowest BCUT2D eigenvalue weighted by atomic mass is 9.80. The van der Waals surface area contributed by atoms with Gasteiger partial charge in [-0.25, -0.2) is 4.21 Å². The van der Waals surface area contributed by atoms with E-state index in [1.165, 1.54) is 4.80 Å². The fraction of sp³-hybridized carbons (Fsp3) is 0.500. The van der Waals surface area contributed by atoms with Gasteiger partial charge in [-0.2, -0.15) is 0 Å². The van der Waals surface area contributed by atoms with Crippen LogP contribution < -0.4 is 0 Å². The van der Waals surface area contributed by atoms with Crippen molar-refractivity contribution in [1.29, 1.82) is 0 Å². The van der Waals surface area contributed by atoms with E-state index in [0.717, 1.165) is 23.1 Å². The standard InChI is InChI=1S/C24H33N3O3S/c1-8-9-21(31(29)30)15-10-11-18-19(12-15)26-27(25-18)20-14-16(23(2,3)4)13-17(22(20)28)24(5,6)7/h10-14,21,28H,8-9H2,1-7H3,(H,29,30). The molecule has 0 saturated carbocycles. The summed E-state index contributed by atoms with van der Waals surface area (Å²) in [5.41, 5.74) is 4.17. The highest BCUT2D eigenvalue weighted by molar-refractivity contribution is 7.79. The van der Waals surface area contributed by atoms with Gasteiger partial charge in [0.25, 0.3) is 0 Å². The third kappa shape index (κ3) is 4.83. The third-order valence-corrected chi connectivity index (χ3v) is 6.54. The zero-order chi connectivity index (χ0) is 23.1. The molecule has 2 unspecified atom stereocenters. The molecule has 2 N–H and O–H groups in total. The average molecular weight is 444 g/mol. The van der Waals surface area contributed by atoms with Crippen LogP contribution in [-0.2, 0) is 21.9 Å². The highest BCUT2D eigenvalue weighted by Gasteiger charge is 2.26. The van der Waals surface area contributed by atoms with Crippen molar-refractivity contribution in [2.24, 2.45) is 0 Å². The minimum absolute atomic E-state index is 0.110. The minimum Gasteiger partial charge on any atom is -0.505 e. The number of hydrogen-bond donors (Lipinski definition) is 2. The Balaban J connectivity index is 2.18. The van der Waals surface area contributed by atoms with Crippen LogP contribution in [0.4, 0.5) is 0 Å². The van der Waals surface area contributed by atoms with Gasteiger partial charge >= 0.3 is 0 Å². The first-order valence-electron chi connectivity index (χ1n) is 10.7. The number of fused-ring (bicyclic) bond motifs is 1. The number of aromatic hydroxyl groups is 1. The van der Waals surface area contributed by atoms with E-state index < -0.39 is 16.3 Å². The largest absolute Gasteiger partial charge is 0.505 e. The van der Waals surface area contributed by atoms with Crippen molar-refractivity contribution in [1.82, 2.24) is 15.0 Å². The molecular weight excluding hydrogens is 410 g/mol. The van der Waals surface area contributed by atoms with Gasteiger partial charge < -0.3 is 9.66 Å². The molecule has 2 atom stereocenters. The molecule has 0 amide bonds. The first kappa shape index (κ1) is 23.4. The number of benzene rings is 2. The molecule has 0 aliphatic heterocycles. The summed E-state index contributed by atoms with van der Waals surface area (Å²) in [6, 6.07) is 9.47. The van der Waals surface area contributed by atoms with Crippen molar-refractivity contribution in [3.63, 3.8) is 0 Å². The van der Waals surface area contributed by atoms with Gasteiger partial charge in [0, 0.05) is 5.56 Å².